The van der Waals surface area contributed by atoms with Gasteiger partial charge in [-0.25, -0.2) is 15.5 Å². The first kappa shape index (κ1) is 19.1. The summed E-state index contributed by atoms with van der Waals surface area (Å²) in [6.45, 7) is 3.34. The van der Waals surface area contributed by atoms with Crippen LogP contribution in [0.15, 0.2) is 53.6 Å². The van der Waals surface area contributed by atoms with Crippen LogP contribution in [0, 0.1) is 0 Å². The number of benzene rings is 2. The molecule has 0 bridgehead atoms. The van der Waals surface area contributed by atoms with Gasteiger partial charge in [0.1, 0.15) is 12.2 Å². The van der Waals surface area contributed by atoms with Crippen molar-refractivity contribution in [3.63, 3.8) is 0 Å². The Hall–Kier alpha value is -3.56. The number of nitrogens with zero attached hydrogens (tertiary/aromatic N) is 5. The topological polar surface area (TPSA) is 104 Å². The van der Waals surface area contributed by atoms with Crippen molar-refractivity contribution >= 4 is 16.5 Å². The van der Waals surface area contributed by atoms with E-state index in [9.17, 15) is 4.79 Å². The minimum absolute atomic E-state index is 0.176. The number of anilines is 1. The summed E-state index contributed by atoms with van der Waals surface area (Å²) in [6, 6.07) is 14.2. The lowest BCUT2D eigenvalue weighted by Gasteiger charge is -2.31. The van der Waals surface area contributed by atoms with Crippen molar-refractivity contribution in [2.45, 2.75) is 24.9 Å². The van der Waals surface area contributed by atoms with E-state index in [4.69, 9.17) is 0 Å². The first-order chi connectivity index (χ1) is 15.7. The monoisotopic (exact) mass is 428 g/mol. The Morgan fingerprint density at radius 3 is 2.69 bits per heavy atom. The molecule has 162 valence electrons. The largest absolute Gasteiger partial charge is 0.320 e. The van der Waals surface area contributed by atoms with Gasteiger partial charge in [0.2, 0.25) is 0 Å². The molecule has 4 heterocycles. The average Bonchev–Trinajstić information content (AvgIpc) is 3.13. The summed E-state index contributed by atoms with van der Waals surface area (Å²) in [5.41, 5.74) is 10.6. The minimum atomic E-state index is -0.265. The molecule has 2 aromatic carbocycles. The van der Waals surface area contributed by atoms with Gasteiger partial charge in [0.15, 0.2) is 0 Å². The quantitative estimate of drug-likeness (QED) is 0.457. The van der Waals surface area contributed by atoms with Crippen LogP contribution in [0.1, 0.15) is 41.0 Å². The lowest BCUT2D eigenvalue weighted by Crippen LogP contribution is -2.36. The molecule has 0 spiro atoms. The van der Waals surface area contributed by atoms with Gasteiger partial charge in [-0.15, -0.1) is 0 Å². The SMILES string of the molecule is Cn1ncnc1C1c2n[nH]c(=O)c3cccc(c23)NNC1c1ccc(CN2CCC2)cc1. The molecule has 32 heavy (non-hydrogen) atoms. The molecular weight excluding hydrogens is 404 g/mol. The molecule has 9 heteroatoms. The molecule has 0 saturated carbocycles. The Morgan fingerprint density at radius 1 is 1.12 bits per heavy atom. The maximum absolute atomic E-state index is 12.5. The third-order valence-electron chi connectivity index (χ3n) is 6.55. The fourth-order valence-electron chi connectivity index (χ4n) is 4.73. The zero-order valence-electron chi connectivity index (χ0n) is 17.7. The number of aryl methyl sites for hydroxylation is 1. The molecule has 3 N–H and O–H groups in total. The molecule has 0 aliphatic carbocycles. The van der Waals surface area contributed by atoms with E-state index in [0.29, 0.717) is 5.39 Å². The highest BCUT2D eigenvalue weighted by Gasteiger charge is 2.35. The molecule has 0 amide bonds. The molecule has 2 aliphatic heterocycles. The maximum Gasteiger partial charge on any atom is 0.272 e. The summed E-state index contributed by atoms with van der Waals surface area (Å²) in [5.74, 6) is 0.505. The highest BCUT2D eigenvalue weighted by Crippen LogP contribution is 2.41. The average molecular weight is 429 g/mol. The van der Waals surface area contributed by atoms with E-state index in [0.717, 1.165) is 34.7 Å². The summed E-state index contributed by atoms with van der Waals surface area (Å²) in [7, 11) is 1.88. The zero-order chi connectivity index (χ0) is 21.7. The predicted molar refractivity (Wildman–Crippen MR) is 121 cm³/mol. The Balaban J connectivity index is 1.48. The van der Waals surface area contributed by atoms with Crippen molar-refractivity contribution in [1.29, 1.82) is 0 Å². The Labute approximate surface area is 184 Å². The molecule has 2 unspecified atom stereocenters. The summed E-state index contributed by atoms with van der Waals surface area (Å²) in [4.78, 5) is 19.5. The van der Waals surface area contributed by atoms with Gasteiger partial charge in [0.25, 0.3) is 5.56 Å². The van der Waals surface area contributed by atoms with E-state index in [-0.39, 0.29) is 17.5 Å². The summed E-state index contributed by atoms with van der Waals surface area (Å²) in [6.07, 6.45) is 2.84. The van der Waals surface area contributed by atoms with Gasteiger partial charge in [0.05, 0.1) is 28.7 Å². The van der Waals surface area contributed by atoms with E-state index in [1.54, 1.807) is 11.0 Å². The van der Waals surface area contributed by atoms with Crippen LogP contribution in [0.3, 0.4) is 0 Å². The highest BCUT2D eigenvalue weighted by atomic mass is 16.1. The molecular formula is C23H24N8O. The van der Waals surface area contributed by atoms with Crippen molar-refractivity contribution in [1.82, 2.24) is 35.3 Å². The Morgan fingerprint density at radius 2 is 1.97 bits per heavy atom. The number of hydrazine groups is 1. The Bertz CT molecular complexity index is 1340. The van der Waals surface area contributed by atoms with Crippen LogP contribution in [0.4, 0.5) is 5.69 Å². The van der Waals surface area contributed by atoms with E-state index in [2.05, 4.69) is 60.3 Å². The van der Waals surface area contributed by atoms with E-state index < -0.39 is 0 Å². The number of hydrogen-bond acceptors (Lipinski definition) is 7. The fraction of sp³-hybridized carbons (Fsp3) is 0.304. The third-order valence-corrected chi connectivity index (χ3v) is 6.55. The van der Waals surface area contributed by atoms with Crippen LogP contribution in [0.25, 0.3) is 10.8 Å². The highest BCUT2D eigenvalue weighted by molar-refractivity contribution is 5.96. The number of aromatic nitrogens is 5. The smallest absolute Gasteiger partial charge is 0.272 e. The van der Waals surface area contributed by atoms with Crippen molar-refractivity contribution in [3.05, 3.63) is 81.8 Å². The number of aromatic amines is 1. The van der Waals surface area contributed by atoms with Crippen LogP contribution in [-0.4, -0.2) is 43.0 Å². The molecule has 6 rings (SSSR count). The van der Waals surface area contributed by atoms with Gasteiger partial charge in [-0.05, 0) is 42.8 Å². The number of likely N-dealkylation sites (tertiary alicyclic amines) is 1. The van der Waals surface area contributed by atoms with Crippen molar-refractivity contribution < 1.29 is 0 Å². The normalized spacial score (nSPS) is 20.5. The fourth-order valence-corrected chi connectivity index (χ4v) is 4.73. The predicted octanol–water partition coefficient (Wildman–Crippen LogP) is 2.06. The van der Waals surface area contributed by atoms with Gasteiger partial charge < -0.3 is 5.43 Å². The first-order valence-electron chi connectivity index (χ1n) is 10.9. The van der Waals surface area contributed by atoms with E-state index in [1.807, 2.05) is 25.2 Å². The molecule has 2 atom stereocenters. The summed E-state index contributed by atoms with van der Waals surface area (Å²) < 4.78 is 1.77. The molecule has 1 fully saturated rings. The van der Waals surface area contributed by atoms with Gasteiger partial charge in [0, 0.05) is 19.0 Å². The van der Waals surface area contributed by atoms with Gasteiger partial charge in [-0.3, -0.25) is 14.4 Å². The number of hydrogen-bond donors (Lipinski definition) is 3. The second-order valence-corrected chi connectivity index (χ2v) is 8.50. The number of rotatable bonds is 4. The number of nitrogens with one attached hydrogen (secondary N) is 3. The molecule has 2 aromatic heterocycles. The molecule has 1 saturated heterocycles. The van der Waals surface area contributed by atoms with Crippen molar-refractivity contribution in [2.24, 2.45) is 7.05 Å². The van der Waals surface area contributed by atoms with Crippen LogP contribution in [-0.2, 0) is 13.6 Å². The standard InChI is InChI=1S/C23H24N8O/c1-30-22(24-13-25-30)19-20(15-8-6-14(7-9-15)12-31-10-3-11-31)27-26-17-5-2-4-16-18(17)21(19)28-29-23(16)32/h2,4-9,13,19-20,26-27H,3,10-12H2,1H3,(H,29,32). The lowest BCUT2D eigenvalue weighted by molar-refractivity contribution is 0.172. The van der Waals surface area contributed by atoms with Crippen LogP contribution in [0.2, 0.25) is 0 Å². The first-order valence-corrected chi connectivity index (χ1v) is 10.9. The van der Waals surface area contributed by atoms with E-state index in [1.165, 1.54) is 25.1 Å². The van der Waals surface area contributed by atoms with Gasteiger partial charge in [-0.1, -0.05) is 30.3 Å². The van der Waals surface area contributed by atoms with Crippen LogP contribution < -0.4 is 16.4 Å². The maximum atomic E-state index is 12.5. The van der Waals surface area contributed by atoms with Crippen molar-refractivity contribution in [2.75, 3.05) is 18.5 Å². The number of H-pyrrole nitrogens is 1. The molecule has 4 aromatic rings. The third kappa shape index (κ3) is 3.09. The van der Waals surface area contributed by atoms with Gasteiger partial charge >= 0.3 is 0 Å². The molecule has 2 aliphatic rings. The lowest BCUT2D eigenvalue weighted by atomic mass is 9.87. The van der Waals surface area contributed by atoms with Crippen molar-refractivity contribution in [3.8, 4) is 0 Å². The molecule has 9 nitrogen and oxygen atoms in total. The second-order valence-electron chi connectivity index (χ2n) is 8.50. The zero-order valence-corrected chi connectivity index (χ0v) is 17.7. The molecule has 0 radical (unpaired) electrons. The van der Waals surface area contributed by atoms with Crippen LogP contribution >= 0.6 is 0 Å². The summed E-state index contributed by atoms with van der Waals surface area (Å²) >= 11 is 0. The second kappa shape index (κ2) is 7.54. The van der Waals surface area contributed by atoms with Crippen LogP contribution in [0.5, 0.6) is 0 Å². The van der Waals surface area contributed by atoms with Gasteiger partial charge in [-0.2, -0.15) is 10.2 Å². The minimum Gasteiger partial charge on any atom is -0.320 e. The Kier molecular flexibility index (Phi) is 4.51. The van der Waals surface area contributed by atoms with E-state index >= 15 is 0 Å². The summed E-state index contributed by atoms with van der Waals surface area (Å²) in [5, 5.41) is 12.9.